The molecule has 0 aromatic heterocycles. The molecule has 0 radical (unpaired) electrons. The summed E-state index contributed by atoms with van der Waals surface area (Å²) in [5.74, 6) is 0.427. The third-order valence-electron chi connectivity index (χ3n) is 3.96. The molecular weight excluding hydrogens is 314 g/mol. The van der Waals surface area contributed by atoms with E-state index in [0.717, 1.165) is 12.8 Å². The second kappa shape index (κ2) is 6.52. The first-order valence-corrected chi connectivity index (χ1v) is 8.69. The van der Waals surface area contributed by atoms with E-state index in [1.165, 1.54) is 36.7 Å². The van der Waals surface area contributed by atoms with Crippen LogP contribution in [0, 0.1) is 0 Å². The molecule has 0 heterocycles. The second-order valence-electron chi connectivity index (χ2n) is 5.24. The van der Waals surface area contributed by atoms with Crippen molar-refractivity contribution in [3.63, 3.8) is 0 Å². The number of hydrogen-bond donors (Lipinski definition) is 1. The Balaban J connectivity index is 2.30. The van der Waals surface area contributed by atoms with Crippen LogP contribution < -0.4 is 4.74 Å². The van der Waals surface area contributed by atoms with Gasteiger partial charge in [-0.25, -0.2) is 8.42 Å². The average molecular weight is 334 g/mol. The largest absolute Gasteiger partial charge is 0.495 e. The topological polar surface area (TPSA) is 66.8 Å². The number of aliphatic hydroxyl groups excluding tert-OH is 1. The van der Waals surface area contributed by atoms with Gasteiger partial charge < -0.3 is 9.84 Å². The van der Waals surface area contributed by atoms with Crippen LogP contribution >= 0.6 is 11.6 Å². The van der Waals surface area contributed by atoms with Crippen molar-refractivity contribution in [3.8, 4) is 5.75 Å². The van der Waals surface area contributed by atoms with Gasteiger partial charge in [-0.1, -0.05) is 24.4 Å². The van der Waals surface area contributed by atoms with Gasteiger partial charge in [0.2, 0.25) is 10.0 Å². The highest BCUT2D eigenvalue weighted by Crippen LogP contribution is 2.31. The molecule has 1 aromatic carbocycles. The number of sulfonamides is 1. The van der Waals surface area contributed by atoms with Gasteiger partial charge in [0, 0.05) is 7.05 Å². The predicted octanol–water partition coefficient (Wildman–Crippen LogP) is 2.27. The molecule has 1 saturated carbocycles. The molecule has 1 N–H and O–H groups in total. The third-order valence-corrected chi connectivity index (χ3v) is 6.14. The molecule has 2 atom stereocenters. The number of halogens is 1. The quantitative estimate of drug-likeness (QED) is 0.918. The van der Waals surface area contributed by atoms with Crippen LogP contribution in [0.25, 0.3) is 0 Å². The zero-order valence-corrected chi connectivity index (χ0v) is 13.7. The number of hydrogen-bond acceptors (Lipinski definition) is 4. The maximum Gasteiger partial charge on any atom is 0.243 e. The fraction of sp³-hybridized carbons (Fsp3) is 0.571. The summed E-state index contributed by atoms with van der Waals surface area (Å²) in [5, 5.41) is 10.3. The fourth-order valence-electron chi connectivity index (χ4n) is 2.67. The highest BCUT2D eigenvalue weighted by Gasteiger charge is 2.34. The van der Waals surface area contributed by atoms with E-state index >= 15 is 0 Å². The molecule has 1 fully saturated rings. The van der Waals surface area contributed by atoms with Gasteiger partial charge in [-0.2, -0.15) is 4.31 Å². The van der Waals surface area contributed by atoms with Crippen LogP contribution in [0.1, 0.15) is 25.7 Å². The Hall–Kier alpha value is -0.820. The summed E-state index contributed by atoms with van der Waals surface area (Å²) in [5.41, 5.74) is 0. The zero-order valence-electron chi connectivity index (χ0n) is 12.1. The number of nitrogens with zero attached hydrogens (tertiary/aromatic N) is 1. The molecule has 1 aromatic rings. The number of ether oxygens (including phenoxy) is 1. The minimum atomic E-state index is -3.69. The van der Waals surface area contributed by atoms with Gasteiger partial charge in [0.15, 0.2) is 0 Å². The molecule has 1 aliphatic carbocycles. The number of benzene rings is 1. The Labute approximate surface area is 130 Å². The lowest BCUT2D eigenvalue weighted by Gasteiger charge is -2.34. The summed E-state index contributed by atoms with van der Waals surface area (Å²) in [6.07, 6.45) is 2.53. The van der Waals surface area contributed by atoms with E-state index in [4.69, 9.17) is 16.3 Å². The predicted molar refractivity (Wildman–Crippen MR) is 81.2 cm³/mol. The van der Waals surface area contributed by atoms with E-state index in [-0.39, 0.29) is 16.0 Å². The minimum Gasteiger partial charge on any atom is -0.495 e. The Kier molecular flexibility index (Phi) is 5.14. The first-order chi connectivity index (χ1) is 9.87. The first-order valence-electron chi connectivity index (χ1n) is 6.87. The number of likely N-dealkylation sites (N-methyl/N-ethyl adjacent to an activating group) is 1. The Morgan fingerprint density at radius 3 is 2.57 bits per heavy atom. The average Bonchev–Trinajstić information content (AvgIpc) is 2.47. The Bertz CT molecular complexity index is 605. The number of methoxy groups -OCH3 is 1. The summed E-state index contributed by atoms with van der Waals surface area (Å²) < 4.78 is 31.6. The summed E-state index contributed by atoms with van der Waals surface area (Å²) in [6, 6.07) is 3.98. The van der Waals surface area contributed by atoms with Crippen molar-refractivity contribution in [2.45, 2.75) is 42.7 Å². The van der Waals surface area contributed by atoms with Crippen molar-refractivity contribution >= 4 is 21.6 Å². The molecule has 7 heteroatoms. The lowest BCUT2D eigenvalue weighted by molar-refractivity contribution is 0.0638. The van der Waals surface area contributed by atoms with Gasteiger partial charge in [-0.3, -0.25) is 0 Å². The maximum atomic E-state index is 12.6. The fourth-order valence-corrected chi connectivity index (χ4v) is 4.43. The van der Waals surface area contributed by atoms with Crippen molar-refractivity contribution in [1.82, 2.24) is 4.31 Å². The van der Waals surface area contributed by atoms with Crippen molar-refractivity contribution in [1.29, 1.82) is 0 Å². The maximum absolute atomic E-state index is 12.6. The van der Waals surface area contributed by atoms with Gasteiger partial charge in [-0.05, 0) is 31.0 Å². The first kappa shape index (κ1) is 16.5. The molecule has 2 rings (SSSR count). The van der Waals surface area contributed by atoms with Crippen LogP contribution in [0.2, 0.25) is 5.02 Å². The second-order valence-corrected chi connectivity index (χ2v) is 7.64. The Morgan fingerprint density at radius 1 is 1.33 bits per heavy atom. The van der Waals surface area contributed by atoms with Gasteiger partial charge in [0.25, 0.3) is 0 Å². The van der Waals surface area contributed by atoms with E-state index in [1.54, 1.807) is 0 Å². The lowest BCUT2D eigenvalue weighted by atomic mass is 9.93. The molecule has 118 valence electrons. The van der Waals surface area contributed by atoms with Gasteiger partial charge in [0.1, 0.15) is 5.75 Å². The van der Waals surface area contributed by atoms with Gasteiger partial charge >= 0.3 is 0 Å². The highest BCUT2D eigenvalue weighted by atomic mass is 35.5. The van der Waals surface area contributed by atoms with E-state index in [0.29, 0.717) is 18.6 Å². The highest BCUT2D eigenvalue weighted by molar-refractivity contribution is 7.89. The monoisotopic (exact) mass is 333 g/mol. The van der Waals surface area contributed by atoms with Crippen LogP contribution in [0.4, 0.5) is 0 Å². The van der Waals surface area contributed by atoms with E-state index in [9.17, 15) is 13.5 Å². The minimum absolute atomic E-state index is 0.105. The Morgan fingerprint density at radius 2 is 2.00 bits per heavy atom. The molecule has 0 saturated heterocycles. The van der Waals surface area contributed by atoms with E-state index in [2.05, 4.69) is 0 Å². The van der Waals surface area contributed by atoms with Crippen molar-refractivity contribution in [2.75, 3.05) is 14.2 Å². The molecule has 0 unspecified atom stereocenters. The third kappa shape index (κ3) is 3.34. The zero-order chi connectivity index (χ0) is 15.6. The van der Waals surface area contributed by atoms with Crippen molar-refractivity contribution in [2.24, 2.45) is 0 Å². The van der Waals surface area contributed by atoms with Crippen molar-refractivity contribution in [3.05, 3.63) is 23.2 Å². The summed E-state index contributed by atoms with van der Waals surface area (Å²) in [7, 11) is -0.707. The van der Waals surface area contributed by atoms with Crippen LogP contribution in [-0.2, 0) is 10.0 Å². The summed E-state index contributed by atoms with van der Waals surface area (Å²) >= 11 is 6.00. The van der Waals surface area contributed by atoms with Gasteiger partial charge in [0.05, 0.1) is 29.2 Å². The SMILES string of the molecule is COc1ccc(S(=O)(=O)N(C)[C@H]2CCCC[C@@H]2O)cc1Cl. The number of aliphatic hydroxyl groups is 1. The van der Waals surface area contributed by atoms with Crippen LogP contribution in [0.3, 0.4) is 0 Å². The van der Waals surface area contributed by atoms with E-state index < -0.39 is 16.1 Å². The summed E-state index contributed by atoms with van der Waals surface area (Å²) in [4.78, 5) is 0.105. The standard InChI is InChI=1S/C14H20ClNO4S/c1-16(12-5-3-4-6-13(12)17)21(18,19)10-7-8-14(20-2)11(15)9-10/h7-9,12-13,17H,3-6H2,1-2H3/t12-,13-/m0/s1. The van der Waals surface area contributed by atoms with Crippen molar-refractivity contribution < 1.29 is 18.3 Å². The normalized spacial score (nSPS) is 23.3. The smallest absolute Gasteiger partial charge is 0.243 e. The van der Waals surface area contributed by atoms with Crippen LogP contribution in [0.5, 0.6) is 5.75 Å². The number of rotatable bonds is 4. The van der Waals surface area contributed by atoms with Crippen LogP contribution in [0.15, 0.2) is 23.1 Å². The van der Waals surface area contributed by atoms with Gasteiger partial charge in [-0.15, -0.1) is 0 Å². The molecular formula is C14H20ClNO4S. The molecule has 1 aliphatic rings. The molecule has 0 bridgehead atoms. The van der Waals surface area contributed by atoms with E-state index in [1.807, 2.05) is 0 Å². The molecule has 5 nitrogen and oxygen atoms in total. The van der Waals surface area contributed by atoms with Crippen LogP contribution in [-0.4, -0.2) is 44.1 Å². The lowest BCUT2D eigenvalue weighted by Crippen LogP contribution is -2.46. The molecule has 21 heavy (non-hydrogen) atoms. The molecule has 0 amide bonds. The summed E-state index contributed by atoms with van der Waals surface area (Å²) in [6.45, 7) is 0. The molecule has 0 spiro atoms. The molecule has 0 aliphatic heterocycles.